The van der Waals surface area contributed by atoms with E-state index in [0.717, 1.165) is 26.7 Å². The molecule has 1 aliphatic rings. The number of carbonyl (C=O) groups excluding carboxylic acids is 3. The standard InChI is InChI=1S/C41H54FN7O4S2/c1-29(2)39-45-35(27-54-39)25-48(3)40(51)47-37(18-21-49-19-16-32(42)17-20-49)38(50)44-33(22-30-10-6-4-7-11-30)14-15-34(23-31-12-8-5-9-13-31)46-41(52)53-26-36-24-43-28-55-36/h4-13,24,27-29,32-34,37H,14-23,25-26H2,1-3H3,(H,44,50)(H,46,52)(H,47,51)/t33-,34-,37+/m1/s1. The third kappa shape index (κ3) is 14.3. The summed E-state index contributed by atoms with van der Waals surface area (Å²) in [4.78, 5) is 54.1. The van der Waals surface area contributed by atoms with Crippen molar-refractivity contribution in [1.82, 2.24) is 35.7 Å². The Morgan fingerprint density at radius 3 is 2.13 bits per heavy atom. The highest BCUT2D eigenvalue weighted by molar-refractivity contribution is 7.09. The molecule has 3 heterocycles. The summed E-state index contributed by atoms with van der Waals surface area (Å²) >= 11 is 3.00. The molecule has 296 valence electrons. The summed E-state index contributed by atoms with van der Waals surface area (Å²) < 4.78 is 19.4. The van der Waals surface area contributed by atoms with Crippen molar-refractivity contribution >= 4 is 40.7 Å². The molecule has 14 heteroatoms. The van der Waals surface area contributed by atoms with E-state index in [1.165, 1.54) is 11.3 Å². The Morgan fingerprint density at radius 1 is 0.909 bits per heavy atom. The molecule has 0 aliphatic carbocycles. The molecule has 3 atom stereocenters. The maximum atomic E-state index is 14.2. The summed E-state index contributed by atoms with van der Waals surface area (Å²) in [6.45, 7) is 6.40. The lowest BCUT2D eigenvalue weighted by molar-refractivity contribution is -0.124. The number of piperidine rings is 1. The first kappa shape index (κ1) is 41.8. The Hall–Kier alpha value is -4.40. The molecule has 0 bridgehead atoms. The zero-order valence-electron chi connectivity index (χ0n) is 32.0. The fourth-order valence-corrected chi connectivity index (χ4v) is 7.88. The Balaban J connectivity index is 1.28. The smallest absolute Gasteiger partial charge is 0.407 e. The Bertz CT molecular complexity index is 1740. The number of nitrogens with one attached hydrogen (secondary N) is 3. The lowest BCUT2D eigenvalue weighted by atomic mass is 9.95. The number of benzene rings is 2. The molecule has 0 radical (unpaired) electrons. The number of alkyl halides is 1. The van der Waals surface area contributed by atoms with Crippen LogP contribution in [0.1, 0.15) is 78.6 Å². The maximum Gasteiger partial charge on any atom is 0.407 e. The lowest BCUT2D eigenvalue weighted by Crippen LogP contribution is -2.54. The van der Waals surface area contributed by atoms with Crippen molar-refractivity contribution in [2.24, 2.45) is 0 Å². The number of urea groups is 1. The third-order valence-electron chi connectivity index (χ3n) is 9.69. The molecular weight excluding hydrogens is 738 g/mol. The fraction of sp³-hybridized carbons (Fsp3) is 0.488. The molecule has 0 spiro atoms. The van der Waals surface area contributed by atoms with Gasteiger partial charge in [0.15, 0.2) is 0 Å². The summed E-state index contributed by atoms with van der Waals surface area (Å²) in [5.41, 5.74) is 4.63. The zero-order valence-corrected chi connectivity index (χ0v) is 33.6. The van der Waals surface area contributed by atoms with Crippen LogP contribution in [0.25, 0.3) is 0 Å². The molecule has 11 nitrogen and oxygen atoms in total. The largest absolute Gasteiger partial charge is 0.444 e. The molecule has 3 N–H and O–H groups in total. The summed E-state index contributed by atoms with van der Waals surface area (Å²) in [6, 6.07) is 18.1. The predicted octanol–water partition coefficient (Wildman–Crippen LogP) is 7.10. The van der Waals surface area contributed by atoms with Crippen LogP contribution in [0.4, 0.5) is 14.0 Å². The number of carbonyl (C=O) groups is 3. The number of rotatable bonds is 19. The molecule has 1 fully saturated rings. The second-order valence-electron chi connectivity index (χ2n) is 14.5. The van der Waals surface area contributed by atoms with E-state index in [1.807, 2.05) is 66.0 Å². The van der Waals surface area contributed by atoms with Gasteiger partial charge < -0.3 is 30.5 Å². The summed E-state index contributed by atoms with van der Waals surface area (Å²) in [7, 11) is 1.70. The van der Waals surface area contributed by atoms with Gasteiger partial charge in [-0.3, -0.25) is 9.78 Å². The summed E-state index contributed by atoms with van der Waals surface area (Å²) in [6.07, 6.45) is 3.93. The minimum atomic E-state index is -0.821. The Morgan fingerprint density at radius 2 is 1.55 bits per heavy atom. The minimum Gasteiger partial charge on any atom is -0.444 e. The van der Waals surface area contributed by atoms with Gasteiger partial charge in [-0.05, 0) is 56.1 Å². The van der Waals surface area contributed by atoms with Gasteiger partial charge in [0, 0.05) is 56.3 Å². The van der Waals surface area contributed by atoms with Crippen LogP contribution >= 0.6 is 22.7 Å². The topological polar surface area (TPSA) is 129 Å². The van der Waals surface area contributed by atoms with Crippen molar-refractivity contribution in [2.45, 2.75) is 102 Å². The van der Waals surface area contributed by atoms with Crippen LogP contribution in [-0.2, 0) is 35.5 Å². The van der Waals surface area contributed by atoms with E-state index in [2.05, 4.69) is 44.7 Å². The fourth-order valence-electron chi connectivity index (χ4n) is 6.55. The van der Waals surface area contributed by atoms with E-state index >= 15 is 0 Å². The van der Waals surface area contributed by atoms with Crippen LogP contribution in [0, 0.1) is 0 Å². The van der Waals surface area contributed by atoms with E-state index < -0.39 is 18.3 Å². The van der Waals surface area contributed by atoms with E-state index in [0.29, 0.717) is 77.0 Å². The van der Waals surface area contributed by atoms with Crippen LogP contribution in [0.5, 0.6) is 0 Å². The normalized spacial score (nSPS) is 15.2. The number of hydrogen-bond donors (Lipinski definition) is 3. The van der Waals surface area contributed by atoms with E-state index in [-0.39, 0.29) is 30.6 Å². The first-order chi connectivity index (χ1) is 26.6. The van der Waals surface area contributed by atoms with Gasteiger partial charge in [-0.2, -0.15) is 0 Å². The van der Waals surface area contributed by atoms with Gasteiger partial charge in [0.05, 0.1) is 27.6 Å². The summed E-state index contributed by atoms with van der Waals surface area (Å²) in [5.74, 6) is 0.0139. The van der Waals surface area contributed by atoms with Gasteiger partial charge in [0.25, 0.3) is 0 Å². The Kier molecular flexibility index (Phi) is 16.4. The number of ether oxygens (including phenoxy) is 1. The quantitative estimate of drug-likeness (QED) is 0.0925. The number of nitrogens with zero attached hydrogens (tertiary/aromatic N) is 4. The zero-order chi connectivity index (χ0) is 39.0. The number of likely N-dealkylation sites (tertiary alicyclic amines) is 1. The molecule has 5 rings (SSSR count). The van der Waals surface area contributed by atoms with Crippen LogP contribution in [0.2, 0.25) is 0 Å². The van der Waals surface area contributed by atoms with Crippen molar-refractivity contribution in [1.29, 1.82) is 0 Å². The molecule has 1 saturated heterocycles. The van der Waals surface area contributed by atoms with E-state index in [4.69, 9.17) is 4.74 Å². The van der Waals surface area contributed by atoms with Crippen LogP contribution < -0.4 is 16.0 Å². The molecular formula is C41H54FN7O4S2. The first-order valence-electron chi connectivity index (χ1n) is 19.1. The minimum absolute atomic E-state index is 0.137. The Labute approximate surface area is 332 Å². The van der Waals surface area contributed by atoms with Gasteiger partial charge in [0.1, 0.15) is 18.8 Å². The molecule has 55 heavy (non-hydrogen) atoms. The molecule has 2 aromatic carbocycles. The van der Waals surface area contributed by atoms with Gasteiger partial charge in [0.2, 0.25) is 5.91 Å². The number of aromatic nitrogens is 2. The van der Waals surface area contributed by atoms with Crippen molar-refractivity contribution in [3.63, 3.8) is 0 Å². The van der Waals surface area contributed by atoms with Crippen molar-refractivity contribution < 1.29 is 23.5 Å². The molecule has 0 saturated carbocycles. The van der Waals surface area contributed by atoms with E-state index in [1.54, 1.807) is 35.0 Å². The van der Waals surface area contributed by atoms with Crippen LogP contribution in [-0.4, -0.2) is 88.8 Å². The number of halogens is 1. The van der Waals surface area contributed by atoms with Crippen LogP contribution in [0.15, 0.2) is 77.8 Å². The number of hydrogen-bond acceptors (Lipinski definition) is 9. The third-order valence-corrected chi connectivity index (χ3v) is 11.6. The van der Waals surface area contributed by atoms with Crippen LogP contribution in [0.3, 0.4) is 0 Å². The molecule has 4 aromatic rings. The number of amides is 4. The van der Waals surface area contributed by atoms with Gasteiger partial charge in [-0.25, -0.2) is 19.0 Å². The van der Waals surface area contributed by atoms with Crippen molar-refractivity contribution in [3.8, 4) is 0 Å². The van der Waals surface area contributed by atoms with Gasteiger partial charge in [-0.1, -0.05) is 74.5 Å². The monoisotopic (exact) mass is 791 g/mol. The maximum absolute atomic E-state index is 14.2. The second kappa shape index (κ2) is 21.6. The molecule has 4 amide bonds. The highest BCUT2D eigenvalue weighted by atomic mass is 32.1. The van der Waals surface area contributed by atoms with Crippen molar-refractivity contribution in [2.75, 3.05) is 26.7 Å². The second-order valence-corrected chi connectivity index (χ2v) is 16.4. The number of alkyl carbamates (subject to hydrolysis) is 1. The highest BCUT2D eigenvalue weighted by Gasteiger charge is 2.28. The van der Waals surface area contributed by atoms with E-state index in [9.17, 15) is 18.8 Å². The average Bonchev–Trinajstić information content (AvgIpc) is 3.89. The molecule has 1 aliphatic heterocycles. The number of thiazole rings is 2. The highest BCUT2D eigenvalue weighted by Crippen LogP contribution is 2.20. The SMILES string of the molecule is CC(C)c1nc(CN(C)C(=O)N[C@@H](CCN2CCC(F)CC2)C(=O)N[C@H](CC[C@H](Cc2ccccc2)NC(=O)OCc2cncs2)Cc2ccccc2)cs1. The molecule has 0 unspecified atom stereocenters. The first-order valence-corrected chi connectivity index (χ1v) is 20.9. The van der Waals surface area contributed by atoms with Gasteiger partial charge in [-0.15, -0.1) is 22.7 Å². The summed E-state index contributed by atoms with van der Waals surface area (Å²) in [5, 5.41) is 12.3. The lowest BCUT2D eigenvalue weighted by Gasteiger charge is -2.31. The predicted molar refractivity (Wildman–Crippen MR) is 216 cm³/mol. The average molecular weight is 792 g/mol. The van der Waals surface area contributed by atoms with Crippen molar-refractivity contribution in [3.05, 3.63) is 104 Å². The van der Waals surface area contributed by atoms with Gasteiger partial charge >= 0.3 is 12.1 Å². The molecule has 2 aromatic heterocycles.